The highest BCUT2D eigenvalue weighted by molar-refractivity contribution is 4.44. The summed E-state index contributed by atoms with van der Waals surface area (Å²) in [4.78, 5) is 4.14. The lowest BCUT2D eigenvalue weighted by molar-refractivity contribution is 0.0976. The SMILES string of the molecule is [CH2]C(C)ON. The van der Waals surface area contributed by atoms with Crippen molar-refractivity contribution in [3.63, 3.8) is 0 Å². The van der Waals surface area contributed by atoms with E-state index in [1.165, 1.54) is 0 Å². The van der Waals surface area contributed by atoms with Gasteiger partial charge in [0.15, 0.2) is 0 Å². The highest BCUT2D eigenvalue weighted by Gasteiger charge is 1.80. The maximum atomic E-state index is 4.61. The van der Waals surface area contributed by atoms with Crippen molar-refractivity contribution < 1.29 is 4.84 Å². The Bertz CT molecular complexity index is 20.9. The topological polar surface area (TPSA) is 35.2 Å². The van der Waals surface area contributed by atoms with Crippen LogP contribution in [-0.4, -0.2) is 6.10 Å². The number of hydrogen-bond donors (Lipinski definition) is 1. The van der Waals surface area contributed by atoms with E-state index in [-0.39, 0.29) is 6.10 Å². The Morgan fingerprint density at radius 3 is 2.20 bits per heavy atom. The molecule has 0 aliphatic rings. The lowest BCUT2D eigenvalue weighted by atomic mass is 10.5. The van der Waals surface area contributed by atoms with Crippen LogP contribution in [0.3, 0.4) is 0 Å². The van der Waals surface area contributed by atoms with E-state index < -0.39 is 0 Å². The van der Waals surface area contributed by atoms with Gasteiger partial charge in [0.1, 0.15) is 0 Å². The minimum atomic E-state index is -0.0880. The van der Waals surface area contributed by atoms with Gasteiger partial charge in [0.25, 0.3) is 0 Å². The van der Waals surface area contributed by atoms with Gasteiger partial charge in [-0.25, -0.2) is 5.90 Å². The third-order valence-electron chi connectivity index (χ3n) is 0.232. The standard InChI is InChI=1S/C3H8NO/c1-3(2)5-4/h3H,1,4H2,2H3. The second-order valence-corrected chi connectivity index (χ2v) is 0.947. The molecule has 0 aliphatic heterocycles. The Morgan fingerprint density at radius 1 is 2.00 bits per heavy atom. The van der Waals surface area contributed by atoms with Gasteiger partial charge in [0.2, 0.25) is 0 Å². The van der Waals surface area contributed by atoms with Crippen molar-refractivity contribution in [1.82, 2.24) is 0 Å². The fraction of sp³-hybridized carbons (Fsp3) is 0.667. The summed E-state index contributed by atoms with van der Waals surface area (Å²) in [5.41, 5.74) is 0. The normalized spacial score (nSPS) is 9.60. The predicted molar refractivity (Wildman–Crippen MR) is 20.1 cm³/mol. The van der Waals surface area contributed by atoms with Crippen LogP contribution in [0.5, 0.6) is 0 Å². The molecule has 31 valence electrons. The summed E-state index contributed by atoms with van der Waals surface area (Å²) >= 11 is 0. The van der Waals surface area contributed by atoms with E-state index in [4.69, 9.17) is 0 Å². The van der Waals surface area contributed by atoms with E-state index in [0.29, 0.717) is 0 Å². The molecule has 2 nitrogen and oxygen atoms in total. The minimum Gasteiger partial charge on any atom is -0.302 e. The molecule has 0 saturated carbocycles. The summed E-state index contributed by atoms with van der Waals surface area (Å²) in [5.74, 6) is 4.61. The molecular formula is C3H8NO. The Kier molecular flexibility index (Phi) is 2.14. The zero-order valence-corrected chi connectivity index (χ0v) is 3.27. The molecule has 0 aliphatic carbocycles. The number of nitrogens with two attached hydrogens (primary N) is 1. The van der Waals surface area contributed by atoms with Crippen LogP contribution in [0.4, 0.5) is 0 Å². The molecule has 1 atom stereocenters. The first-order chi connectivity index (χ1) is 2.27. The molecule has 1 radical (unpaired) electrons. The van der Waals surface area contributed by atoms with Gasteiger partial charge >= 0.3 is 0 Å². The molecule has 0 fully saturated rings. The minimum absolute atomic E-state index is 0.0880. The van der Waals surface area contributed by atoms with Gasteiger partial charge in [-0.2, -0.15) is 0 Å². The van der Waals surface area contributed by atoms with Gasteiger partial charge in [-0.05, 0) is 13.8 Å². The zero-order valence-electron chi connectivity index (χ0n) is 3.27. The fourth-order valence-electron chi connectivity index (χ4n) is 0. The lowest BCUT2D eigenvalue weighted by Gasteiger charge is -1.93. The second kappa shape index (κ2) is 2.18. The number of rotatable bonds is 1. The van der Waals surface area contributed by atoms with Crippen molar-refractivity contribution >= 4 is 0 Å². The zero-order chi connectivity index (χ0) is 4.28. The van der Waals surface area contributed by atoms with Crippen molar-refractivity contribution in [2.24, 2.45) is 5.90 Å². The molecule has 5 heavy (non-hydrogen) atoms. The summed E-state index contributed by atoms with van der Waals surface area (Å²) < 4.78 is 0. The largest absolute Gasteiger partial charge is 0.302 e. The smallest absolute Gasteiger partial charge is 0.0760 e. The van der Waals surface area contributed by atoms with Crippen LogP contribution < -0.4 is 5.90 Å². The Labute approximate surface area is 31.9 Å². The molecule has 0 rings (SSSR count). The Hall–Kier alpha value is -0.0800. The van der Waals surface area contributed by atoms with Crippen molar-refractivity contribution in [2.75, 3.05) is 0 Å². The van der Waals surface area contributed by atoms with E-state index in [9.17, 15) is 0 Å². The summed E-state index contributed by atoms with van der Waals surface area (Å²) in [6.45, 7) is 5.17. The number of hydrogen-bond acceptors (Lipinski definition) is 2. The van der Waals surface area contributed by atoms with Gasteiger partial charge in [0.05, 0.1) is 6.10 Å². The first-order valence-corrected chi connectivity index (χ1v) is 1.46. The molecule has 0 bridgehead atoms. The van der Waals surface area contributed by atoms with Crippen molar-refractivity contribution in [2.45, 2.75) is 13.0 Å². The molecule has 0 aromatic heterocycles. The van der Waals surface area contributed by atoms with Gasteiger partial charge < -0.3 is 4.84 Å². The second-order valence-electron chi connectivity index (χ2n) is 0.947. The van der Waals surface area contributed by atoms with E-state index >= 15 is 0 Å². The lowest BCUT2D eigenvalue weighted by Crippen LogP contribution is -2.07. The first kappa shape index (κ1) is 4.92. The molecule has 0 heterocycles. The summed E-state index contributed by atoms with van der Waals surface area (Å²) in [6, 6.07) is 0. The highest BCUT2D eigenvalue weighted by Crippen LogP contribution is 1.73. The van der Waals surface area contributed by atoms with Gasteiger partial charge in [-0.1, -0.05) is 0 Å². The average molecular weight is 74.1 g/mol. The third kappa shape index (κ3) is 3.92. The molecule has 0 spiro atoms. The monoisotopic (exact) mass is 74.1 g/mol. The van der Waals surface area contributed by atoms with Crippen molar-refractivity contribution in [1.29, 1.82) is 0 Å². The molecule has 2 N–H and O–H groups in total. The van der Waals surface area contributed by atoms with Gasteiger partial charge in [-0.15, -0.1) is 0 Å². The van der Waals surface area contributed by atoms with Crippen LogP contribution >= 0.6 is 0 Å². The van der Waals surface area contributed by atoms with Crippen LogP contribution in [0.1, 0.15) is 6.92 Å². The third-order valence-corrected chi connectivity index (χ3v) is 0.232. The predicted octanol–water partition coefficient (Wildman–Crippen LogP) is 0.0993. The first-order valence-electron chi connectivity index (χ1n) is 1.46. The van der Waals surface area contributed by atoms with Crippen molar-refractivity contribution in [3.05, 3.63) is 6.92 Å². The van der Waals surface area contributed by atoms with E-state index in [1.807, 2.05) is 0 Å². The Morgan fingerprint density at radius 2 is 2.20 bits per heavy atom. The van der Waals surface area contributed by atoms with Crippen LogP contribution in [0.15, 0.2) is 0 Å². The van der Waals surface area contributed by atoms with E-state index in [2.05, 4.69) is 17.7 Å². The van der Waals surface area contributed by atoms with Gasteiger partial charge in [-0.3, -0.25) is 0 Å². The molecule has 0 amide bonds. The summed E-state index contributed by atoms with van der Waals surface area (Å²) in [6.07, 6.45) is -0.0880. The highest BCUT2D eigenvalue weighted by atomic mass is 16.6. The van der Waals surface area contributed by atoms with E-state index in [0.717, 1.165) is 0 Å². The van der Waals surface area contributed by atoms with Crippen molar-refractivity contribution in [3.8, 4) is 0 Å². The fourth-order valence-corrected chi connectivity index (χ4v) is 0. The van der Waals surface area contributed by atoms with Crippen LogP contribution in [0.2, 0.25) is 0 Å². The Balaban J connectivity index is 2.54. The maximum Gasteiger partial charge on any atom is 0.0760 e. The molecular weight excluding hydrogens is 66.0 g/mol. The molecule has 0 aromatic rings. The van der Waals surface area contributed by atoms with Crippen LogP contribution in [-0.2, 0) is 4.84 Å². The summed E-state index contributed by atoms with van der Waals surface area (Å²) in [7, 11) is 0. The summed E-state index contributed by atoms with van der Waals surface area (Å²) in [5, 5.41) is 0. The molecule has 0 aromatic carbocycles. The van der Waals surface area contributed by atoms with Crippen LogP contribution in [0, 0.1) is 6.92 Å². The van der Waals surface area contributed by atoms with Gasteiger partial charge in [0, 0.05) is 0 Å². The average Bonchev–Trinajstić information content (AvgIpc) is 1.38. The van der Waals surface area contributed by atoms with Crippen LogP contribution in [0.25, 0.3) is 0 Å². The molecule has 2 heteroatoms. The quantitative estimate of drug-likeness (QED) is 0.448. The molecule has 0 saturated heterocycles. The maximum absolute atomic E-state index is 4.61. The molecule has 1 unspecified atom stereocenters. The van der Waals surface area contributed by atoms with E-state index in [1.54, 1.807) is 6.92 Å².